The van der Waals surface area contributed by atoms with Crippen LogP contribution < -0.4 is 0 Å². The maximum atomic E-state index is 10.7. The van der Waals surface area contributed by atoms with E-state index < -0.39 is 5.97 Å². The predicted molar refractivity (Wildman–Crippen MR) is 75.4 cm³/mol. The van der Waals surface area contributed by atoms with Crippen LogP contribution in [0.25, 0.3) is 11.0 Å². The van der Waals surface area contributed by atoms with Gasteiger partial charge in [-0.1, -0.05) is 26.8 Å². The molecule has 0 spiro atoms. The van der Waals surface area contributed by atoms with Gasteiger partial charge in [0.15, 0.2) is 0 Å². The van der Waals surface area contributed by atoms with E-state index in [2.05, 4.69) is 36.8 Å². The summed E-state index contributed by atoms with van der Waals surface area (Å²) in [4.78, 5) is 18.5. The third-order valence-corrected chi connectivity index (χ3v) is 3.61. The number of H-pyrrole nitrogens is 1. The van der Waals surface area contributed by atoms with Gasteiger partial charge in [0.1, 0.15) is 5.82 Å². The lowest BCUT2D eigenvalue weighted by atomic mass is 9.80. The first kappa shape index (κ1) is 13.6. The Bertz CT molecular complexity index is 599. The predicted octanol–water partition coefficient (Wildman–Crippen LogP) is 3.27. The van der Waals surface area contributed by atoms with Gasteiger partial charge >= 0.3 is 5.97 Å². The van der Waals surface area contributed by atoms with Crippen LogP contribution in [-0.4, -0.2) is 21.0 Å². The molecule has 0 aliphatic carbocycles. The summed E-state index contributed by atoms with van der Waals surface area (Å²) in [5.74, 6) is 0.236. The molecule has 1 heterocycles. The summed E-state index contributed by atoms with van der Waals surface area (Å²) in [7, 11) is 0. The third-order valence-electron chi connectivity index (χ3n) is 3.61. The number of carbonyl (C=O) groups is 1. The van der Waals surface area contributed by atoms with Gasteiger partial charge in [0.05, 0.1) is 11.0 Å². The Labute approximate surface area is 112 Å². The molecule has 2 aromatic rings. The molecule has 0 saturated heterocycles. The van der Waals surface area contributed by atoms with E-state index >= 15 is 0 Å². The Morgan fingerprint density at radius 2 is 2.16 bits per heavy atom. The molecule has 0 fully saturated rings. The van der Waals surface area contributed by atoms with Crippen molar-refractivity contribution in [2.45, 2.75) is 45.4 Å². The normalized spacial score (nSPS) is 11.9. The van der Waals surface area contributed by atoms with Gasteiger partial charge in [0.2, 0.25) is 0 Å². The number of nitrogens with one attached hydrogen (secondary N) is 1. The number of aliphatic carboxylic acids is 1. The fourth-order valence-electron chi connectivity index (χ4n) is 2.21. The molecule has 4 heteroatoms. The molecule has 0 bridgehead atoms. The van der Waals surface area contributed by atoms with Crippen LogP contribution >= 0.6 is 0 Å². The van der Waals surface area contributed by atoms with Gasteiger partial charge in [-0.15, -0.1) is 0 Å². The van der Waals surface area contributed by atoms with Gasteiger partial charge in [-0.3, -0.25) is 4.79 Å². The van der Waals surface area contributed by atoms with Crippen molar-refractivity contribution in [2.24, 2.45) is 0 Å². The van der Waals surface area contributed by atoms with Crippen LogP contribution in [-0.2, 0) is 16.6 Å². The molecule has 102 valence electrons. The van der Waals surface area contributed by atoms with Crippen molar-refractivity contribution in [3.8, 4) is 0 Å². The Morgan fingerprint density at radius 3 is 2.79 bits per heavy atom. The number of imidazole rings is 1. The fourth-order valence-corrected chi connectivity index (χ4v) is 2.21. The summed E-state index contributed by atoms with van der Waals surface area (Å²) in [6.45, 7) is 6.22. The number of aromatic amines is 1. The molecule has 0 saturated carbocycles. The molecule has 19 heavy (non-hydrogen) atoms. The van der Waals surface area contributed by atoms with E-state index in [4.69, 9.17) is 5.11 Å². The topological polar surface area (TPSA) is 66.0 Å². The van der Waals surface area contributed by atoms with E-state index in [1.54, 1.807) is 0 Å². The summed E-state index contributed by atoms with van der Waals surface area (Å²) < 4.78 is 0. The quantitative estimate of drug-likeness (QED) is 0.867. The van der Waals surface area contributed by atoms with E-state index in [9.17, 15) is 4.79 Å². The maximum Gasteiger partial charge on any atom is 0.303 e. The fraction of sp³-hybridized carbons (Fsp3) is 0.467. The Morgan fingerprint density at radius 1 is 1.42 bits per heavy atom. The summed E-state index contributed by atoms with van der Waals surface area (Å²) in [6, 6.07) is 6.14. The Balaban J connectivity index is 2.31. The molecular weight excluding hydrogens is 240 g/mol. The SMILES string of the molecule is CCc1nc2ccc(C(C)(C)CCC(=O)O)cc2[nH]1. The number of carboxylic acid groups (broad SMARTS) is 1. The van der Waals surface area contributed by atoms with Crippen LogP contribution in [0.1, 0.15) is 45.0 Å². The molecule has 0 unspecified atom stereocenters. The van der Waals surface area contributed by atoms with Gasteiger partial charge in [0, 0.05) is 12.8 Å². The average Bonchev–Trinajstić information content (AvgIpc) is 2.78. The van der Waals surface area contributed by atoms with E-state index in [1.807, 2.05) is 12.1 Å². The van der Waals surface area contributed by atoms with Gasteiger partial charge in [0.25, 0.3) is 0 Å². The van der Waals surface area contributed by atoms with Crippen LogP contribution in [0, 0.1) is 0 Å². The number of carboxylic acids is 1. The molecule has 2 N–H and O–H groups in total. The standard InChI is InChI=1S/C15H20N2O2/c1-4-13-16-11-6-5-10(9-12(11)17-13)15(2,3)8-7-14(18)19/h5-6,9H,4,7-8H2,1-3H3,(H,16,17)(H,18,19). The largest absolute Gasteiger partial charge is 0.481 e. The van der Waals surface area contributed by atoms with Crippen molar-refractivity contribution in [3.05, 3.63) is 29.6 Å². The first-order valence-corrected chi connectivity index (χ1v) is 6.63. The van der Waals surface area contributed by atoms with Crippen LogP contribution in [0.15, 0.2) is 18.2 Å². The first-order valence-electron chi connectivity index (χ1n) is 6.63. The minimum Gasteiger partial charge on any atom is -0.481 e. The van der Waals surface area contributed by atoms with Gasteiger partial charge in [-0.25, -0.2) is 4.98 Å². The highest BCUT2D eigenvalue weighted by Gasteiger charge is 2.22. The number of aryl methyl sites for hydroxylation is 1. The summed E-state index contributed by atoms with van der Waals surface area (Å²) in [5, 5.41) is 8.81. The van der Waals surface area contributed by atoms with Gasteiger partial charge in [-0.2, -0.15) is 0 Å². The van der Waals surface area contributed by atoms with Crippen molar-refractivity contribution in [3.63, 3.8) is 0 Å². The minimum absolute atomic E-state index is 0.149. The molecule has 0 radical (unpaired) electrons. The average molecular weight is 260 g/mol. The van der Waals surface area contributed by atoms with Crippen molar-refractivity contribution in [1.82, 2.24) is 9.97 Å². The zero-order valence-electron chi connectivity index (χ0n) is 11.7. The molecule has 1 aromatic heterocycles. The van der Waals surface area contributed by atoms with Crippen molar-refractivity contribution < 1.29 is 9.90 Å². The van der Waals surface area contributed by atoms with Crippen LogP contribution in [0.2, 0.25) is 0 Å². The number of aromatic nitrogens is 2. The lowest BCUT2D eigenvalue weighted by molar-refractivity contribution is -0.137. The monoisotopic (exact) mass is 260 g/mol. The third kappa shape index (κ3) is 2.95. The summed E-state index contributed by atoms with van der Waals surface area (Å²) in [5.41, 5.74) is 2.99. The molecule has 4 nitrogen and oxygen atoms in total. The second kappa shape index (κ2) is 5.03. The minimum atomic E-state index is -0.746. The van der Waals surface area contributed by atoms with E-state index in [-0.39, 0.29) is 11.8 Å². The van der Waals surface area contributed by atoms with Crippen molar-refractivity contribution in [1.29, 1.82) is 0 Å². The first-order chi connectivity index (χ1) is 8.92. The second-order valence-electron chi connectivity index (χ2n) is 5.55. The van der Waals surface area contributed by atoms with E-state index in [0.29, 0.717) is 6.42 Å². The van der Waals surface area contributed by atoms with E-state index in [0.717, 1.165) is 28.8 Å². The van der Waals surface area contributed by atoms with Gasteiger partial charge < -0.3 is 10.1 Å². The zero-order valence-corrected chi connectivity index (χ0v) is 11.7. The lowest BCUT2D eigenvalue weighted by Gasteiger charge is -2.24. The molecule has 0 atom stereocenters. The van der Waals surface area contributed by atoms with Crippen LogP contribution in [0.4, 0.5) is 0 Å². The van der Waals surface area contributed by atoms with Gasteiger partial charge in [-0.05, 0) is 29.5 Å². The highest BCUT2D eigenvalue weighted by Crippen LogP contribution is 2.30. The van der Waals surface area contributed by atoms with Crippen LogP contribution in [0.3, 0.4) is 0 Å². The van der Waals surface area contributed by atoms with Crippen LogP contribution in [0.5, 0.6) is 0 Å². The number of hydrogen-bond acceptors (Lipinski definition) is 2. The van der Waals surface area contributed by atoms with Crippen molar-refractivity contribution in [2.75, 3.05) is 0 Å². The molecule has 1 aromatic carbocycles. The molecule has 2 rings (SSSR count). The number of hydrogen-bond donors (Lipinski definition) is 2. The lowest BCUT2D eigenvalue weighted by Crippen LogP contribution is -2.18. The molecule has 0 amide bonds. The maximum absolute atomic E-state index is 10.7. The zero-order chi connectivity index (χ0) is 14.0. The number of rotatable bonds is 5. The summed E-state index contributed by atoms with van der Waals surface area (Å²) in [6.07, 6.45) is 1.70. The summed E-state index contributed by atoms with van der Waals surface area (Å²) >= 11 is 0. The number of nitrogens with zero attached hydrogens (tertiary/aromatic N) is 1. The Hall–Kier alpha value is -1.84. The number of benzene rings is 1. The van der Waals surface area contributed by atoms with E-state index in [1.165, 1.54) is 0 Å². The molecule has 0 aliphatic heterocycles. The second-order valence-corrected chi connectivity index (χ2v) is 5.55. The highest BCUT2D eigenvalue weighted by molar-refractivity contribution is 5.76. The smallest absolute Gasteiger partial charge is 0.303 e. The number of fused-ring (bicyclic) bond motifs is 1. The highest BCUT2D eigenvalue weighted by atomic mass is 16.4. The Kier molecular flexibility index (Phi) is 3.60. The van der Waals surface area contributed by atoms with Crippen molar-refractivity contribution >= 4 is 17.0 Å². The molecular formula is C15H20N2O2. The molecule has 0 aliphatic rings.